The smallest absolute Gasteiger partial charge is 0.260 e. The number of ether oxygens (including phenoxy) is 3. The van der Waals surface area contributed by atoms with E-state index >= 15 is 0 Å². The number of para-hydroxylation sites is 2. The molecule has 134 valence electrons. The zero-order chi connectivity index (χ0) is 18.4. The van der Waals surface area contributed by atoms with E-state index in [2.05, 4.69) is 0 Å². The molecular formula is C20H20N2O4. The van der Waals surface area contributed by atoms with E-state index in [0.717, 1.165) is 5.75 Å². The predicted molar refractivity (Wildman–Crippen MR) is 95.3 cm³/mol. The molecule has 1 atom stereocenters. The van der Waals surface area contributed by atoms with Gasteiger partial charge in [-0.05, 0) is 37.3 Å². The van der Waals surface area contributed by atoms with Gasteiger partial charge in [0.05, 0.1) is 18.2 Å². The molecule has 0 N–H and O–H groups in total. The van der Waals surface area contributed by atoms with E-state index in [4.69, 9.17) is 19.5 Å². The van der Waals surface area contributed by atoms with Gasteiger partial charge in [-0.1, -0.05) is 18.2 Å². The normalized spacial score (nSPS) is 15.0. The Bertz CT molecular complexity index is 815. The maximum absolute atomic E-state index is 12.5. The number of benzene rings is 2. The van der Waals surface area contributed by atoms with Crippen molar-refractivity contribution in [3.05, 3.63) is 54.1 Å². The van der Waals surface area contributed by atoms with Gasteiger partial charge in [0, 0.05) is 6.54 Å². The molecular weight excluding hydrogens is 332 g/mol. The lowest BCUT2D eigenvalue weighted by Crippen LogP contribution is -2.45. The minimum Gasteiger partial charge on any atom is -0.486 e. The van der Waals surface area contributed by atoms with Crippen molar-refractivity contribution >= 4 is 5.91 Å². The van der Waals surface area contributed by atoms with Gasteiger partial charge in [0.2, 0.25) is 0 Å². The summed E-state index contributed by atoms with van der Waals surface area (Å²) in [7, 11) is 0. The fourth-order valence-electron chi connectivity index (χ4n) is 2.70. The summed E-state index contributed by atoms with van der Waals surface area (Å²) in [4.78, 5) is 14.1. The predicted octanol–water partition coefficient (Wildman–Crippen LogP) is 2.63. The molecule has 0 aliphatic carbocycles. The summed E-state index contributed by atoms with van der Waals surface area (Å²) < 4.78 is 17.1. The molecule has 1 heterocycles. The SMILES string of the molecule is CCN(C[C@@H]1COc2ccccc2O1)C(=O)COc1cccc(C#N)c1. The minimum atomic E-state index is -0.226. The molecule has 1 aliphatic rings. The van der Waals surface area contributed by atoms with Crippen molar-refractivity contribution in [2.45, 2.75) is 13.0 Å². The molecule has 2 aromatic rings. The number of rotatable bonds is 6. The maximum Gasteiger partial charge on any atom is 0.260 e. The van der Waals surface area contributed by atoms with Crippen LogP contribution in [-0.2, 0) is 4.79 Å². The second kappa shape index (κ2) is 8.26. The topological polar surface area (TPSA) is 71.8 Å². The van der Waals surface area contributed by atoms with Gasteiger partial charge in [0.25, 0.3) is 5.91 Å². The molecule has 0 unspecified atom stereocenters. The van der Waals surface area contributed by atoms with E-state index in [1.165, 1.54) is 0 Å². The van der Waals surface area contributed by atoms with Crippen molar-refractivity contribution < 1.29 is 19.0 Å². The van der Waals surface area contributed by atoms with Gasteiger partial charge < -0.3 is 19.1 Å². The van der Waals surface area contributed by atoms with Crippen LogP contribution in [0.25, 0.3) is 0 Å². The Labute approximate surface area is 152 Å². The van der Waals surface area contributed by atoms with Gasteiger partial charge in [-0.25, -0.2) is 0 Å². The molecule has 1 amide bonds. The number of nitrogens with zero attached hydrogens (tertiary/aromatic N) is 2. The lowest BCUT2D eigenvalue weighted by Gasteiger charge is -2.30. The molecule has 26 heavy (non-hydrogen) atoms. The Morgan fingerprint density at radius 2 is 2.08 bits per heavy atom. The van der Waals surface area contributed by atoms with Gasteiger partial charge in [-0.2, -0.15) is 5.26 Å². The third kappa shape index (κ3) is 4.25. The third-order valence-corrected chi connectivity index (χ3v) is 4.05. The highest BCUT2D eigenvalue weighted by Gasteiger charge is 2.24. The molecule has 0 fully saturated rings. The first kappa shape index (κ1) is 17.6. The molecule has 3 rings (SSSR count). The van der Waals surface area contributed by atoms with Crippen molar-refractivity contribution in [3.8, 4) is 23.3 Å². The molecule has 0 spiro atoms. The van der Waals surface area contributed by atoms with Gasteiger partial charge in [0.1, 0.15) is 12.4 Å². The Hall–Kier alpha value is -3.20. The quantitative estimate of drug-likeness (QED) is 0.799. The summed E-state index contributed by atoms with van der Waals surface area (Å²) in [5.41, 5.74) is 0.494. The number of carbonyl (C=O) groups excluding carboxylic acids is 1. The van der Waals surface area contributed by atoms with Crippen molar-refractivity contribution in [3.63, 3.8) is 0 Å². The highest BCUT2D eigenvalue weighted by Crippen LogP contribution is 2.31. The summed E-state index contributed by atoms with van der Waals surface area (Å²) in [6.07, 6.45) is -0.226. The molecule has 6 heteroatoms. The van der Waals surface area contributed by atoms with Gasteiger partial charge in [-0.3, -0.25) is 4.79 Å². The Morgan fingerprint density at radius 3 is 2.85 bits per heavy atom. The average Bonchev–Trinajstić information content (AvgIpc) is 2.70. The number of likely N-dealkylation sites (N-methyl/N-ethyl adjacent to an activating group) is 1. The first-order valence-corrected chi connectivity index (χ1v) is 8.49. The summed E-state index contributed by atoms with van der Waals surface area (Å²) >= 11 is 0. The van der Waals surface area contributed by atoms with Gasteiger partial charge in [0.15, 0.2) is 24.2 Å². The number of fused-ring (bicyclic) bond motifs is 1. The first-order valence-electron chi connectivity index (χ1n) is 8.49. The number of carbonyl (C=O) groups is 1. The van der Waals surface area contributed by atoms with Crippen LogP contribution in [0.1, 0.15) is 12.5 Å². The second-order valence-electron chi connectivity index (χ2n) is 5.86. The molecule has 0 bridgehead atoms. The van der Waals surface area contributed by atoms with Crippen molar-refractivity contribution in [2.75, 3.05) is 26.3 Å². The van der Waals surface area contributed by atoms with Crippen LogP contribution in [0.15, 0.2) is 48.5 Å². The maximum atomic E-state index is 12.5. The molecule has 0 radical (unpaired) electrons. The first-order chi connectivity index (χ1) is 12.7. The van der Waals surface area contributed by atoms with Crippen LogP contribution in [0.4, 0.5) is 0 Å². The average molecular weight is 352 g/mol. The van der Waals surface area contributed by atoms with Crippen molar-refractivity contribution in [2.24, 2.45) is 0 Å². The van der Waals surface area contributed by atoms with Crippen LogP contribution in [0.5, 0.6) is 17.2 Å². The lowest BCUT2D eigenvalue weighted by molar-refractivity contribution is -0.134. The molecule has 0 aromatic heterocycles. The summed E-state index contributed by atoms with van der Waals surface area (Å²) in [6.45, 7) is 3.18. The number of hydrogen-bond donors (Lipinski definition) is 0. The number of amides is 1. The van der Waals surface area contributed by atoms with E-state index in [1.54, 1.807) is 29.2 Å². The Morgan fingerprint density at radius 1 is 1.27 bits per heavy atom. The summed E-state index contributed by atoms with van der Waals surface area (Å²) in [5.74, 6) is 1.77. The summed E-state index contributed by atoms with van der Waals surface area (Å²) in [6, 6.07) is 16.3. The lowest BCUT2D eigenvalue weighted by atomic mass is 10.2. The highest BCUT2D eigenvalue weighted by molar-refractivity contribution is 5.77. The van der Waals surface area contributed by atoms with E-state index in [0.29, 0.717) is 36.8 Å². The fourth-order valence-corrected chi connectivity index (χ4v) is 2.70. The standard InChI is InChI=1S/C20H20N2O4/c1-2-22(12-17-13-25-18-8-3-4-9-19(18)26-17)20(23)14-24-16-7-5-6-15(10-16)11-21/h3-10,17H,2,12-14H2,1H3/t17-/m1/s1. The van der Waals surface area contributed by atoms with Crippen LogP contribution in [-0.4, -0.2) is 43.2 Å². The summed E-state index contributed by atoms with van der Waals surface area (Å²) in [5, 5.41) is 8.91. The van der Waals surface area contributed by atoms with Crippen LogP contribution in [0.2, 0.25) is 0 Å². The number of nitriles is 1. The van der Waals surface area contributed by atoms with Crippen LogP contribution in [0.3, 0.4) is 0 Å². The van der Waals surface area contributed by atoms with Crippen molar-refractivity contribution in [1.82, 2.24) is 4.90 Å². The largest absolute Gasteiger partial charge is 0.486 e. The molecule has 2 aromatic carbocycles. The van der Waals surface area contributed by atoms with E-state index in [-0.39, 0.29) is 18.6 Å². The van der Waals surface area contributed by atoms with Gasteiger partial charge in [-0.15, -0.1) is 0 Å². The van der Waals surface area contributed by atoms with Crippen molar-refractivity contribution in [1.29, 1.82) is 5.26 Å². The van der Waals surface area contributed by atoms with Gasteiger partial charge >= 0.3 is 0 Å². The highest BCUT2D eigenvalue weighted by atomic mass is 16.6. The Balaban J connectivity index is 1.55. The van der Waals surface area contributed by atoms with E-state index in [1.807, 2.05) is 37.3 Å². The Kier molecular flexibility index (Phi) is 5.59. The fraction of sp³-hybridized carbons (Fsp3) is 0.300. The van der Waals surface area contributed by atoms with E-state index < -0.39 is 0 Å². The third-order valence-electron chi connectivity index (χ3n) is 4.05. The monoisotopic (exact) mass is 352 g/mol. The molecule has 0 saturated carbocycles. The zero-order valence-electron chi connectivity index (χ0n) is 14.6. The van der Waals surface area contributed by atoms with Crippen LogP contribution < -0.4 is 14.2 Å². The molecule has 1 aliphatic heterocycles. The van der Waals surface area contributed by atoms with Crippen LogP contribution >= 0.6 is 0 Å². The van der Waals surface area contributed by atoms with Crippen LogP contribution in [0, 0.1) is 11.3 Å². The zero-order valence-corrected chi connectivity index (χ0v) is 14.6. The molecule has 0 saturated heterocycles. The van der Waals surface area contributed by atoms with E-state index in [9.17, 15) is 4.79 Å². The number of hydrogen-bond acceptors (Lipinski definition) is 5. The second-order valence-corrected chi connectivity index (χ2v) is 5.86. The molecule has 6 nitrogen and oxygen atoms in total. The minimum absolute atomic E-state index is 0.0904.